The Labute approximate surface area is 206 Å². The number of carbonyl (C=O) groups excluding carboxylic acids is 1. The Morgan fingerprint density at radius 2 is 1.89 bits per heavy atom. The Morgan fingerprint density at radius 1 is 1.14 bits per heavy atom. The van der Waals surface area contributed by atoms with Gasteiger partial charge in [-0.2, -0.15) is 4.98 Å². The van der Waals surface area contributed by atoms with Gasteiger partial charge in [0, 0.05) is 38.3 Å². The van der Waals surface area contributed by atoms with E-state index in [4.69, 9.17) is 9.97 Å². The van der Waals surface area contributed by atoms with E-state index in [1.54, 1.807) is 19.1 Å². The molecule has 2 aliphatic carbocycles. The molecular weight excluding hydrogens is 446 g/mol. The van der Waals surface area contributed by atoms with E-state index in [1.807, 2.05) is 14.1 Å². The van der Waals surface area contributed by atoms with Crippen LogP contribution < -0.4 is 20.9 Å². The van der Waals surface area contributed by atoms with Gasteiger partial charge in [0.1, 0.15) is 5.82 Å². The van der Waals surface area contributed by atoms with Crippen LogP contribution in [-0.2, 0) is 12.8 Å². The predicted octanol–water partition coefficient (Wildman–Crippen LogP) is 4.43. The Bertz CT molecular complexity index is 1080. The Kier molecular flexibility index (Phi) is 7.67. The lowest BCUT2D eigenvalue weighted by atomic mass is 9.86. The molecular formula is C25H35N7O3. The number of nitro benzene ring substituents is 1. The maximum atomic E-state index is 12.4. The summed E-state index contributed by atoms with van der Waals surface area (Å²) in [6.07, 6.45) is 8.44. The molecule has 0 aliphatic heterocycles. The van der Waals surface area contributed by atoms with Gasteiger partial charge in [0.25, 0.3) is 5.69 Å². The number of hydrogen-bond donors (Lipinski definition) is 3. The van der Waals surface area contributed by atoms with Crippen molar-refractivity contribution in [2.24, 2.45) is 5.92 Å². The van der Waals surface area contributed by atoms with Crippen molar-refractivity contribution < 1.29 is 9.72 Å². The van der Waals surface area contributed by atoms with Crippen LogP contribution in [0.1, 0.15) is 55.3 Å². The second kappa shape index (κ2) is 10.9. The number of aryl methyl sites for hydroxylation is 1. The smallest absolute Gasteiger partial charge is 0.319 e. The van der Waals surface area contributed by atoms with Crippen LogP contribution in [0, 0.1) is 23.0 Å². The van der Waals surface area contributed by atoms with Crippen LogP contribution in [0.5, 0.6) is 0 Å². The van der Waals surface area contributed by atoms with Gasteiger partial charge in [-0.3, -0.25) is 10.1 Å². The second-order valence-electron chi connectivity index (χ2n) is 9.80. The van der Waals surface area contributed by atoms with Gasteiger partial charge in [0.05, 0.1) is 21.9 Å². The lowest BCUT2D eigenvalue weighted by Crippen LogP contribution is -2.36. The van der Waals surface area contributed by atoms with E-state index in [1.165, 1.54) is 30.2 Å². The minimum Gasteiger partial charge on any atom is -0.362 e. The van der Waals surface area contributed by atoms with Crippen molar-refractivity contribution in [1.82, 2.24) is 15.3 Å². The van der Waals surface area contributed by atoms with Crippen LogP contribution in [0.15, 0.2) is 18.2 Å². The molecule has 0 spiro atoms. The van der Waals surface area contributed by atoms with Gasteiger partial charge in [-0.05, 0) is 70.3 Å². The first-order valence-electron chi connectivity index (χ1n) is 12.4. The van der Waals surface area contributed by atoms with Gasteiger partial charge in [0.15, 0.2) is 0 Å². The topological polar surface area (TPSA) is 125 Å². The van der Waals surface area contributed by atoms with Crippen molar-refractivity contribution in [3.63, 3.8) is 0 Å². The van der Waals surface area contributed by atoms with E-state index in [0.29, 0.717) is 29.8 Å². The highest BCUT2D eigenvalue weighted by Gasteiger charge is 2.24. The molecule has 10 heteroatoms. The largest absolute Gasteiger partial charge is 0.362 e. The summed E-state index contributed by atoms with van der Waals surface area (Å²) in [6, 6.07) is 4.66. The fourth-order valence-electron chi connectivity index (χ4n) is 5.06. The average molecular weight is 482 g/mol. The van der Waals surface area contributed by atoms with Crippen molar-refractivity contribution in [2.75, 3.05) is 36.2 Å². The molecule has 0 radical (unpaired) electrons. The molecule has 0 saturated heterocycles. The molecule has 0 atom stereocenters. The van der Waals surface area contributed by atoms with Crippen molar-refractivity contribution in [3.8, 4) is 0 Å². The molecule has 0 unspecified atom stereocenters. The lowest BCUT2D eigenvalue weighted by molar-refractivity contribution is -0.385. The summed E-state index contributed by atoms with van der Waals surface area (Å²) in [5.41, 5.74) is 3.36. The molecule has 1 saturated carbocycles. The summed E-state index contributed by atoms with van der Waals surface area (Å²) in [5.74, 6) is 2.15. The van der Waals surface area contributed by atoms with Gasteiger partial charge in [-0.25, -0.2) is 9.78 Å². The number of nitrogens with one attached hydrogen (secondary N) is 3. The number of amides is 2. The lowest BCUT2D eigenvalue weighted by Gasteiger charge is -2.30. The highest BCUT2D eigenvalue weighted by molar-refractivity contribution is 5.90. The van der Waals surface area contributed by atoms with Crippen molar-refractivity contribution in [2.45, 2.75) is 64.3 Å². The second-order valence-corrected chi connectivity index (χ2v) is 9.80. The minimum atomic E-state index is -0.443. The third kappa shape index (κ3) is 5.98. The number of fused-ring (bicyclic) bond motifs is 1. The third-order valence-electron chi connectivity index (χ3n) is 7.07. The van der Waals surface area contributed by atoms with Crippen molar-refractivity contribution >= 4 is 29.2 Å². The Balaban J connectivity index is 1.26. The summed E-state index contributed by atoms with van der Waals surface area (Å²) in [7, 11) is 4.07. The van der Waals surface area contributed by atoms with Gasteiger partial charge in [-0.15, -0.1) is 0 Å². The quantitative estimate of drug-likeness (QED) is 0.394. The maximum Gasteiger partial charge on any atom is 0.319 e. The van der Waals surface area contributed by atoms with E-state index in [0.717, 1.165) is 50.3 Å². The Hall–Kier alpha value is -3.43. The maximum absolute atomic E-state index is 12.4. The summed E-state index contributed by atoms with van der Waals surface area (Å²) < 4.78 is 0. The standard InChI is InChI=1S/C25H35N7O3/c1-16-20(9-6-10-22(16)32(34)35)29-25(33)26-15-17-11-13-18(14-12-17)27-24-28-21-8-5-4-7-19(21)23(30-24)31(2)3/h6,9-10,17-18H,4-5,7-8,11-15H2,1-3H3,(H2,26,29,33)(H,27,28,30)/t17-,18+. The average Bonchev–Trinajstić information content (AvgIpc) is 2.84. The van der Waals surface area contributed by atoms with Crippen LogP contribution in [0.25, 0.3) is 0 Å². The highest BCUT2D eigenvalue weighted by Crippen LogP contribution is 2.30. The van der Waals surface area contributed by atoms with Crippen LogP contribution in [0.4, 0.5) is 27.9 Å². The van der Waals surface area contributed by atoms with Crippen molar-refractivity contribution in [3.05, 3.63) is 45.1 Å². The molecule has 10 nitrogen and oxygen atoms in total. The zero-order valence-electron chi connectivity index (χ0n) is 20.8. The van der Waals surface area contributed by atoms with E-state index < -0.39 is 4.92 Å². The van der Waals surface area contributed by atoms with Gasteiger partial charge in [-0.1, -0.05) is 6.07 Å². The van der Waals surface area contributed by atoms with Crippen LogP contribution in [0.3, 0.4) is 0 Å². The van der Waals surface area contributed by atoms with Gasteiger partial charge < -0.3 is 20.9 Å². The number of benzene rings is 1. The van der Waals surface area contributed by atoms with Gasteiger partial charge in [0.2, 0.25) is 5.95 Å². The minimum absolute atomic E-state index is 0.00534. The first kappa shape index (κ1) is 24.7. The zero-order valence-corrected chi connectivity index (χ0v) is 20.8. The SMILES string of the molecule is Cc1c(NC(=O)NC[C@H]2CC[C@@H](Nc3nc4c(c(N(C)C)n3)CCCC4)CC2)cccc1[N+](=O)[O-]. The molecule has 2 aliphatic rings. The summed E-state index contributed by atoms with van der Waals surface area (Å²) in [4.78, 5) is 34.8. The van der Waals surface area contributed by atoms with E-state index in [2.05, 4.69) is 20.9 Å². The molecule has 2 amide bonds. The zero-order chi connectivity index (χ0) is 24.9. The van der Waals surface area contributed by atoms with Crippen LogP contribution in [-0.4, -0.2) is 47.6 Å². The normalized spacial score (nSPS) is 19.4. The molecule has 3 N–H and O–H groups in total. The highest BCUT2D eigenvalue weighted by atomic mass is 16.6. The number of aromatic nitrogens is 2. The number of urea groups is 1. The summed E-state index contributed by atoms with van der Waals surface area (Å²) in [6.45, 7) is 2.21. The number of anilines is 3. The molecule has 188 valence electrons. The predicted molar refractivity (Wildman–Crippen MR) is 137 cm³/mol. The monoisotopic (exact) mass is 481 g/mol. The van der Waals surface area contributed by atoms with E-state index >= 15 is 0 Å². The molecule has 2 aromatic rings. The molecule has 1 heterocycles. The Morgan fingerprint density at radius 3 is 2.60 bits per heavy atom. The molecule has 0 bridgehead atoms. The molecule has 1 aromatic heterocycles. The first-order chi connectivity index (χ1) is 16.8. The summed E-state index contributed by atoms with van der Waals surface area (Å²) in [5, 5.41) is 20.3. The number of rotatable bonds is 7. The number of nitrogens with zero attached hydrogens (tertiary/aromatic N) is 4. The van der Waals surface area contributed by atoms with Crippen LogP contribution in [0.2, 0.25) is 0 Å². The number of hydrogen-bond acceptors (Lipinski definition) is 7. The fourth-order valence-corrected chi connectivity index (χ4v) is 5.06. The van der Waals surface area contributed by atoms with E-state index in [-0.39, 0.29) is 11.7 Å². The third-order valence-corrected chi connectivity index (χ3v) is 7.07. The van der Waals surface area contributed by atoms with E-state index in [9.17, 15) is 14.9 Å². The molecule has 35 heavy (non-hydrogen) atoms. The fraction of sp³-hybridized carbons (Fsp3) is 0.560. The van der Waals surface area contributed by atoms with Gasteiger partial charge >= 0.3 is 6.03 Å². The molecule has 4 rings (SSSR count). The molecule has 1 aromatic carbocycles. The first-order valence-corrected chi connectivity index (χ1v) is 12.4. The summed E-state index contributed by atoms with van der Waals surface area (Å²) >= 11 is 0. The number of nitro groups is 1. The van der Waals surface area contributed by atoms with Crippen LogP contribution >= 0.6 is 0 Å². The van der Waals surface area contributed by atoms with Crippen molar-refractivity contribution in [1.29, 1.82) is 0 Å². The molecule has 1 fully saturated rings. The number of carbonyl (C=O) groups is 1.